The fraction of sp³-hybridized carbons (Fsp3) is 0.560. The summed E-state index contributed by atoms with van der Waals surface area (Å²) < 4.78 is 0. The zero-order chi connectivity index (χ0) is 20.9. The van der Waals surface area contributed by atoms with Crippen LogP contribution in [0.1, 0.15) is 55.9 Å². The molecule has 0 atom stereocenters. The first kappa shape index (κ1) is 21.4. The lowest BCUT2D eigenvalue weighted by atomic mass is 10.1. The van der Waals surface area contributed by atoms with Crippen molar-refractivity contribution in [2.45, 2.75) is 52.4 Å². The standard InChI is InChI=1S/C25H36N4S/c1-4-5-6-7-8-11-14-29-23-13-10-9-12-22(23)26-24(21-19-20(2)30-25(21)29)28-17-15-27(3)16-18-28/h9-10,12-13,19H,4-8,11,14-18H2,1-3H3. The molecule has 2 aliphatic heterocycles. The highest BCUT2D eigenvalue weighted by Gasteiger charge is 2.29. The van der Waals surface area contributed by atoms with Crippen LogP contribution in [-0.2, 0) is 0 Å². The van der Waals surface area contributed by atoms with Gasteiger partial charge in [-0.15, -0.1) is 11.3 Å². The van der Waals surface area contributed by atoms with E-state index in [0.29, 0.717) is 0 Å². The molecule has 2 aliphatic rings. The van der Waals surface area contributed by atoms with E-state index in [1.165, 1.54) is 65.5 Å². The van der Waals surface area contributed by atoms with Gasteiger partial charge < -0.3 is 14.7 Å². The average Bonchev–Trinajstić information content (AvgIpc) is 3.08. The minimum atomic E-state index is 1.04. The summed E-state index contributed by atoms with van der Waals surface area (Å²) in [6, 6.07) is 11.1. The summed E-state index contributed by atoms with van der Waals surface area (Å²) in [4.78, 5) is 14.1. The van der Waals surface area contributed by atoms with Gasteiger partial charge in [0.15, 0.2) is 0 Å². The molecule has 0 unspecified atom stereocenters. The van der Waals surface area contributed by atoms with Gasteiger partial charge in [-0.3, -0.25) is 0 Å². The second kappa shape index (κ2) is 9.97. The number of nitrogens with zero attached hydrogens (tertiary/aromatic N) is 4. The molecule has 0 aliphatic carbocycles. The van der Waals surface area contributed by atoms with Gasteiger partial charge in [0, 0.05) is 37.6 Å². The second-order valence-electron chi connectivity index (χ2n) is 8.71. The highest BCUT2D eigenvalue weighted by Crippen LogP contribution is 2.44. The molecule has 5 heteroatoms. The summed E-state index contributed by atoms with van der Waals surface area (Å²) in [7, 11) is 2.21. The number of thiophene rings is 1. The maximum absolute atomic E-state index is 5.25. The zero-order valence-corrected chi connectivity index (χ0v) is 19.7. The van der Waals surface area contributed by atoms with Crippen molar-refractivity contribution in [3.8, 4) is 0 Å². The van der Waals surface area contributed by atoms with Crippen LogP contribution in [0.25, 0.3) is 0 Å². The van der Waals surface area contributed by atoms with Crippen LogP contribution in [0.5, 0.6) is 0 Å². The van der Waals surface area contributed by atoms with E-state index >= 15 is 0 Å². The molecule has 1 saturated heterocycles. The molecule has 0 saturated carbocycles. The van der Waals surface area contributed by atoms with Crippen LogP contribution in [-0.4, -0.2) is 55.4 Å². The van der Waals surface area contributed by atoms with Crippen molar-refractivity contribution in [2.75, 3.05) is 44.7 Å². The van der Waals surface area contributed by atoms with Crippen LogP contribution in [0.15, 0.2) is 35.3 Å². The van der Waals surface area contributed by atoms with Gasteiger partial charge in [0.25, 0.3) is 0 Å². The number of aryl methyl sites for hydroxylation is 1. The van der Waals surface area contributed by atoms with Crippen LogP contribution in [0, 0.1) is 6.92 Å². The number of aliphatic imine (C=N–C) groups is 1. The Labute approximate surface area is 186 Å². The number of benzene rings is 1. The van der Waals surface area contributed by atoms with Gasteiger partial charge >= 0.3 is 0 Å². The van der Waals surface area contributed by atoms with Crippen molar-refractivity contribution < 1.29 is 0 Å². The van der Waals surface area contributed by atoms with Crippen molar-refractivity contribution in [3.63, 3.8) is 0 Å². The Morgan fingerprint density at radius 3 is 2.50 bits per heavy atom. The largest absolute Gasteiger partial charge is 0.353 e. The molecular formula is C25H36N4S. The predicted octanol–water partition coefficient (Wildman–Crippen LogP) is 6.19. The molecule has 4 rings (SSSR count). The van der Waals surface area contributed by atoms with Crippen molar-refractivity contribution in [1.29, 1.82) is 0 Å². The number of amidine groups is 1. The van der Waals surface area contributed by atoms with E-state index in [1.807, 2.05) is 11.3 Å². The normalized spacial score (nSPS) is 16.8. The second-order valence-corrected chi connectivity index (χ2v) is 9.94. The average molecular weight is 425 g/mol. The molecule has 1 aromatic heterocycles. The van der Waals surface area contributed by atoms with Crippen LogP contribution in [0.2, 0.25) is 0 Å². The van der Waals surface area contributed by atoms with E-state index in [9.17, 15) is 0 Å². The summed E-state index contributed by atoms with van der Waals surface area (Å²) in [6.07, 6.45) is 7.94. The van der Waals surface area contributed by atoms with Crippen molar-refractivity contribution in [3.05, 3.63) is 40.8 Å². The number of rotatable bonds is 7. The molecule has 1 fully saturated rings. The zero-order valence-electron chi connectivity index (χ0n) is 18.9. The summed E-state index contributed by atoms with van der Waals surface area (Å²) in [5.41, 5.74) is 3.70. The Morgan fingerprint density at radius 2 is 1.70 bits per heavy atom. The van der Waals surface area contributed by atoms with Gasteiger partial charge in [-0.2, -0.15) is 0 Å². The number of unbranched alkanes of at least 4 members (excludes halogenated alkanes) is 5. The number of hydrogen-bond acceptors (Lipinski definition) is 5. The van der Waals surface area contributed by atoms with Crippen molar-refractivity contribution >= 4 is 33.5 Å². The summed E-state index contributed by atoms with van der Waals surface area (Å²) in [6.45, 7) is 9.87. The van der Waals surface area contributed by atoms with Crippen LogP contribution in [0.3, 0.4) is 0 Å². The topological polar surface area (TPSA) is 22.1 Å². The van der Waals surface area contributed by atoms with Gasteiger partial charge in [-0.25, -0.2) is 4.99 Å². The maximum atomic E-state index is 5.25. The SMILES string of the molecule is CCCCCCCCN1c2ccccc2N=C(N2CCN(C)CC2)c2cc(C)sc21. The highest BCUT2D eigenvalue weighted by molar-refractivity contribution is 7.16. The number of fused-ring (bicyclic) bond motifs is 2. The van der Waals surface area contributed by atoms with E-state index in [2.05, 4.69) is 65.9 Å². The highest BCUT2D eigenvalue weighted by atomic mass is 32.1. The molecule has 1 aromatic carbocycles. The monoisotopic (exact) mass is 424 g/mol. The molecule has 0 spiro atoms. The lowest BCUT2D eigenvalue weighted by Gasteiger charge is -2.34. The van der Waals surface area contributed by atoms with Gasteiger partial charge in [-0.05, 0) is 38.6 Å². The molecule has 0 radical (unpaired) electrons. The lowest BCUT2D eigenvalue weighted by molar-refractivity contribution is 0.216. The quantitative estimate of drug-likeness (QED) is 0.494. The minimum Gasteiger partial charge on any atom is -0.353 e. The first-order valence-electron chi connectivity index (χ1n) is 11.7. The van der Waals surface area contributed by atoms with Gasteiger partial charge in [0.2, 0.25) is 0 Å². The molecular weight excluding hydrogens is 388 g/mol. The Balaban J connectivity index is 1.62. The third-order valence-corrected chi connectivity index (χ3v) is 7.33. The Kier molecular flexibility index (Phi) is 7.11. The third-order valence-electron chi connectivity index (χ3n) is 6.26. The molecule has 0 N–H and O–H groups in total. The van der Waals surface area contributed by atoms with Crippen LogP contribution < -0.4 is 4.90 Å². The van der Waals surface area contributed by atoms with E-state index in [-0.39, 0.29) is 0 Å². The van der Waals surface area contributed by atoms with Gasteiger partial charge in [-0.1, -0.05) is 51.2 Å². The Bertz CT molecular complexity index is 864. The fourth-order valence-corrected chi connectivity index (χ4v) is 5.51. The molecule has 2 aromatic rings. The molecule has 3 heterocycles. The van der Waals surface area contributed by atoms with Gasteiger partial charge in [0.05, 0.1) is 16.9 Å². The van der Waals surface area contributed by atoms with E-state index in [4.69, 9.17) is 4.99 Å². The smallest absolute Gasteiger partial charge is 0.139 e. The fourth-order valence-electron chi connectivity index (χ4n) is 4.46. The predicted molar refractivity (Wildman–Crippen MR) is 131 cm³/mol. The minimum absolute atomic E-state index is 1.04. The number of para-hydroxylation sites is 2. The molecule has 4 nitrogen and oxygen atoms in total. The summed E-state index contributed by atoms with van der Waals surface area (Å²) in [5.74, 6) is 1.17. The van der Waals surface area contributed by atoms with Crippen molar-refractivity contribution in [1.82, 2.24) is 9.80 Å². The van der Waals surface area contributed by atoms with E-state index < -0.39 is 0 Å². The number of likely N-dealkylation sites (N-methyl/N-ethyl adjacent to an activating group) is 1. The molecule has 0 bridgehead atoms. The van der Waals surface area contributed by atoms with E-state index in [0.717, 1.165) is 38.4 Å². The molecule has 30 heavy (non-hydrogen) atoms. The van der Waals surface area contributed by atoms with E-state index in [1.54, 1.807) is 0 Å². The molecule has 162 valence electrons. The maximum Gasteiger partial charge on any atom is 0.139 e. The first-order chi connectivity index (χ1) is 14.7. The Hall–Kier alpha value is -1.85. The number of piperazine rings is 1. The summed E-state index contributed by atoms with van der Waals surface area (Å²) in [5, 5.41) is 1.38. The lowest BCUT2D eigenvalue weighted by Crippen LogP contribution is -2.47. The van der Waals surface area contributed by atoms with Crippen molar-refractivity contribution in [2.24, 2.45) is 4.99 Å². The number of anilines is 2. The van der Waals surface area contributed by atoms with Crippen LogP contribution in [0.4, 0.5) is 16.4 Å². The summed E-state index contributed by atoms with van der Waals surface area (Å²) >= 11 is 1.92. The van der Waals surface area contributed by atoms with Crippen LogP contribution >= 0.6 is 11.3 Å². The van der Waals surface area contributed by atoms with Gasteiger partial charge in [0.1, 0.15) is 10.8 Å². The Morgan fingerprint density at radius 1 is 0.967 bits per heavy atom. The first-order valence-corrected chi connectivity index (χ1v) is 12.5. The number of hydrogen-bond donors (Lipinski definition) is 0. The molecule has 0 amide bonds. The third kappa shape index (κ3) is 4.73.